The first kappa shape index (κ1) is 24.9. The molecule has 204 valence electrons. The van der Waals surface area contributed by atoms with Crippen LogP contribution in [-0.2, 0) is 0 Å². The van der Waals surface area contributed by atoms with Gasteiger partial charge in [0.15, 0.2) is 0 Å². The van der Waals surface area contributed by atoms with Gasteiger partial charge in [-0.2, -0.15) is 5.10 Å². The zero-order valence-corrected chi connectivity index (χ0v) is 23.6. The summed E-state index contributed by atoms with van der Waals surface area (Å²) in [6, 6.07) is 35.1. The Morgan fingerprint density at radius 1 is 0.881 bits per heavy atom. The lowest BCUT2D eigenvalue weighted by atomic mass is 9.77. The Labute approximate surface area is 247 Å². The highest BCUT2D eigenvalue weighted by atomic mass is 32.1. The highest BCUT2D eigenvalue weighted by Gasteiger charge is 2.42. The van der Waals surface area contributed by atoms with Gasteiger partial charge in [-0.05, 0) is 64.9 Å². The van der Waals surface area contributed by atoms with E-state index in [1.807, 2.05) is 36.4 Å². The van der Waals surface area contributed by atoms with E-state index in [9.17, 15) is 4.79 Å². The van der Waals surface area contributed by atoms with Crippen molar-refractivity contribution < 1.29 is 4.42 Å². The van der Waals surface area contributed by atoms with Crippen molar-refractivity contribution in [2.24, 2.45) is 11.0 Å². The number of hydrogen-bond donors (Lipinski definition) is 0. The SMILES string of the molecule is O=c1oc2ccc3ccccc3c2cc1-c1cnc(N2N=C3/C(=C/c4ccccc4)CCCC3C2c2ccccc2)s1. The second kappa shape index (κ2) is 10.2. The van der Waals surface area contributed by atoms with Gasteiger partial charge in [-0.3, -0.25) is 0 Å². The minimum Gasteiger partial charge on any atom is -0.422 e. The van der Waals surface area contributed by atoms with Gasteiger partial charge in [0.25, 0.3) is 0 Å². The van der Waals surface area contributed by atoms with Crippen LogP contribution in [-0.4, -0.2) is 10.7 Å². The fraction of sp³-hybridized carbons (Fsp3) is 0.139. The molecule has 6 heteroatoms. The van der Waals surface area contributed by atoms with Gasteiger partial charge in [0.05, 0.1) is 22.2 Å². The van der Waals surface area contributed by atoms with Crippen LogP contribution < -0.4 is 10.6 Å². The molecule has 1 saturated carbocycles. The summed E-state index contributed by atoms with van der Waals surface area (Å²) in [5, 5.41) is 11.2. The lowest BCUT2D eigenvalue weighted by molar-refractivity contribution is 0.487. The van der Waals surface area contributed by atoms with Crippen molar-refractivity contribution in [3.05, 3.63) is 136 Å². The van der Waals surface area contributed by atoms with Gasteiger partial charge in [-0.1, -0.05) is 102 Å². The van der Waals surface area contributed by atoms with E-state index in [4.69, 9.17) is 14.5 Å². The molecule has 2 aromatic heterocycles. The monoisotopic (exact) mass is 565 g/mol. The van der Waals surface area contributed by atoms with Gasteiger partial charge in [0, 0.05) is 17.5 Å². The smallest absolute Gasteiger partial charge is 0.345 e. The van der Waals surface area contributed by atoms with Crippen molar-refractivity contribution in [3.8, 4) is 10.4 Å². The van der Waals surface area contributed by atoms with Gasteiger partial charge < -0.3 is 4.42 Å². The molecule has 1 fully saturated rings. The van der Waals surface area contributed by atoms with Crippen LogP contribution in [0.15, 0.2) is 129 Å². The van der Waals surface area contributed by atoms with Crippen LogP contribution in [0.3, 0.4) is 0 Å². The predicted octanol–water partition coefficient (Wildman–Crippen LogP) is 8.87. The molecular formula is C36H27N3O2S. The molecule has 42 heavy (non-hydrogen) atoms. The third-order valence-electron chi connectivity index (χ3n) is 8.38. The zero-order valence-electron chi connectivity index (χ0n) is 22.8. The summed E-state index contributed by atoms with van der Waals surface area (Å²) in [6.45, 7) is 0. The molecule has 6 aromatic rings. The Kier molecular flexibility index (Phi) is 6.08. The highest BCUT2D eigenvalue weighted by molar-refractivity contribution is 7.18. The summed E-state index contributed by atoms with van der Waals surface area (Å²) in [5.41, 5.74) is 5.60. The summed E-state index contributed by atoms with van der Waals surface area (Å²) in [5.74, 6) is 0.264. The van der Waals surface area contributed by atoms with Crippen molar-refractivity contribution in [1.82, 2.24) is 4.98 Å². The largest absolute Gasteiger partial charge is 0.422 e. The van der Waals surface area contributed by atoms with Gasteiger partial charge >= 0.3 is 5.63 Å². The van der Waals surface area contributed by atoms with Crippen molar-refractivity contribution in [3.63, 3.8) is 0 Å². The first-order chi connectivity index (χ1) is 20.7. The van der Waals surface area contributed by atoms with E-state index in [-0.39, 0.29) is 17.6 Å². The molecule has 0 radical (unpaired) electrons. The second-order valence-electron chi connectivity index (χ2n) is 10.9. The molecule has 3 heterocycles. The van der Waals surface area contributed by atoms with Gasteiger partial charge in [0.1, 0.15) is 5.58 Å². The average molecular weight is 566 g/mol. The quantitative estimate of drug-likeness (QED) is 0.158. The zero-order chi connectivity index (χ0) is 28.0. The summed E-state index contributed by atoms with van der Waals surface area (Å²) in [4.78, 5) is 18.8. The van der Waals surface area contributed by atoms with E-state index in [2.05, 4.69) is 77.8 Å². The van der Waals surface area contributed by atoms with Crippen LogP contribution in [0, 0.1) is 5.92 Å². The Morgan fingerprint density at radius 3 is 2.52 bits per heavy atom. The van der Waals surface area contributed by atoms with Crippen LogP contribution in [0.5, 0.6) is 0 Å². The summed E-state index contributed by atoms with van der Waals surface area (Å²) in [7, 11) is 0. The number of thiazole rings is 1. The third-order valence-corrected chi connectivity index (χ3v) is 9.40. The number of aromatic nitrogens is 1. The lowest BCUT2D eigenvalue weighted by Gasteiger charge is -2.29. The highest BCUT2D eigenvalue weighted by Crippen LogP contribution is 2.47. The fourth-order valence-corrected chi connectivity index (χ4v) is 7.34. The Hall–Kier alpha value is -4.81. The van der Waals surface area contributed by atoms with Crippen molar-refractivity contribution in [1.29, 1.82) is 0 Å². The molecule has 0 bridgehead atoms. The maximum absolute atomic E-state index is 13.2. The van der Waals surface area contributed by atoms with Gasteiger partial charge in [-0.25, -0.2) is 14.8 Å². The molecule has 0 saturated heterocycles. The first-order valence-electron chi connectivity index (χ1n) is 14.3. The van der Waals surface area contributed by atoms with Crippen LogP contribution >= 0.6 is 11.3 Å². The maximum Gasteiger partial charge on any atom is 0.345 e. The molecule has 5 nitrogen and oxygen atoms in total. The van der Waals surface area contributed by atoms with Crippen LogP contribution in [0.2, 0.25) is 0 Å². The predicted molar refractivity (Wildman–Crippen MR) is 172 cm³/mol. The van der Waals surface area contributed by atoms with Crippen LogP contribution in [0.1, 0.15) is 36.4 Å². The van der Waals surface area contributed by atoms with E-state index in [1.165, 1.54) is 28.0 Å². The van der Waals surface area contributed by atoms with Crippen LogP contribution in [0.4, 0.5) is 5.13 Å². The van der Waals surface area contributed by atoms with E-state index in [0.29, 0.717) is 11.1 Å². The number of rotatable bonds is 4. The Balaban J connectivity index is 1.23. The molecule has 1 aliphatic carbocycles. The molecule has 0 amide bonds. The number of allylic oxidation sites excluding steroid dienone is 1. The van der Waals surface area contributed by atoms with Crippen LogP contribution in [0.25, 0.3) is 38.3 Å². The number of hydrogen-bond acceptors (Lipinski definition) is 6. The normalized spacial score (nSPS) is 19.4. The molecule has 4 aromatic carbocycles. The summed E-state index contributed by atoms with van der Waals surface area (Å²) in [6.07, 6.45) is 7.27. The molecule has 8 rings (SSSR count). The molecular weight excluding hydrogens is 538 g/mol. The molecule has 0 spiro atoms. The number of nitrogens with zero attached hydrogens (tertiary/aromatic N) is 3. The number of fused-ring (bicyclic) bond motifs is 4. The average Bonchev–Trinajstić information content (AvgIpc) is 3.68. The Bertz CT molecular complexity index is 2060. The molecule has 1 aliphatic heterocycles. The number of hydrazone groups is 1. The standard InChI is InChI=1S/C36H27N3O2S/c40-35-30(21-29-27-16-8-7-12-24(27)18-19-31(29)41-35)32-22-37-36(42-32)39-34(25-13-5-2-6-14-25)28-17-9-15-26(33(28)38-39)20-23-10-3-1-4-11-23/h1-8,10-14,16,18-22,28,34H,9,15,17H2/b26-20+. The maximum atomic E-state index is 13.2. The third kappa shape index (κ3) is 4.27. The van der Waals surface area contributed by atoms with Gasteiger partial charge in [-0.15, -0.1) is 0 Å². The van der Waals surface area contributed by atoms with Crippen molar-refractivity contribution >= 4 is 50.0 Å². The summed E-state index contributed by atoms with van der Waals surface area (Å²) < 4.78 is 5.80. The number of benzene rings is 4. The lowest BCUT2D eigenvalue weighted by Crippen LogP contribution is -2.27. The topological polar surface area (TPSA) is 58.7 Å². The molecule has 2 atom stereocenters. The minimum atomic E-state index is -0.359. The fourth-order valence-electron chi connectivity index (χ4n) is 6.43. The van der Waals surface area contributed by atoms with E-state index >= 15 is 0 Å². The number of anilines is 1. The molecule has 0 N–H and O–H groups in total. The molecule has 2 unspecified atom stereocenters. The van der Waals surface area contributed by atoms with E-state index in [0.717, 1.165) is 51.1 Å². The minimum absolute atomic E-state index is 0.0385. The molecule has 2 aliphatic rings. The second-order valence-corrected chi connectivity index (χ2v) is 11.9. The first-order valence-corrected chi connectivity index (χ1v) is 15.1. The van der Waals surface area contributed by atoms with E-state index < -0.39 is 0 Å². The van der Waals surface area contributed by atoms with Gasteiger partial charge in [0.2, 0.25) is 5.13 Å². The van der Waals surface area contributed by atoms with E-state index in [1.54, 1.807) is 6.20 Å². The summed E-state index contributed by atoms with van der Waals surface area (Å²) >= 11 is 1.49. The van der Waals surface area contributed by atoms with Crippen molar-refractivity contribution in [2.45, 2.75) is 25.3 Å². The Morgan fingerprint density at radius 2 is 1.67 bits per heavy atom. The van der Waals surface area contributed by atoms with Crippen molar-refractivity contribution in [2.75, 3.05) is 5.01 Å².